The first kappa shape index (κ1) is 70.2. The quantitative estimate of drug-likeness (QED) is 0.0647. The molecule has 0 saturated carbocycles. The molecule has 1 unspecified atom stereocenters. The smallest absolute Gasteiger partial charge is 0.246 e. The third-order valence-corrected chi connectivity index (χ3v) is 14.3. The lowest BCUT2D eigenvalue weighted by molar-refractivity contribution is -0.144. The molecular formula is C60H83N13O14. The molecule has 4 rings (SSSR count). The molecule has 1 heterocycles. The topological polar surface area (TPSA) is 395 Å². The van der Waals surface area contributed by atoms with Crippen molar-refractivity contribution >= 4 is 76.8 Å². The van der Waals surface area contributed by atoms with Gasteiger partial charge >= 0.3 is 0 Å². The molecule has 1 saturated heterocycles. The van der Waals surface area contributed by atoms with E-state index >= 15 is 0 Å². The molecule has 0 aliphatic carbocycles. The van der Waals surface area contributed by atoms with Crippen LogP contribution in [0.5, 0.6) is 0 Å². The van der Waals surface area contributed by atoms with Crippen molar-refractivity contribution < 1.29 is 67.4 Å². The van der Waals surface area contributed by atoms with E-state index in [1.54, 1.807) is 119 Å². The molecule has 13 amide bonds. The summed E-state index contributed by atoms with van der Waals surface area (Å²) in [6.45, 7) is 8.55. The number of benzene rings is 3. The van der Waals surface area contributed by atoms with E-state index in [0.717, 1.165) is 16.8 Å². The summed E-state index contributed by atoms with van der Waals surface area (Å²) in [5, 5.41) is 35.3. The van der Waals surface area contributed by atoms with Crippen LogP contribution >= 0.6 is 0 Å². The first-order chi connectivity index (χ1) is 41.1. The Morgan fingerprint density at radius 1 is 0.609 bits per heavy atom. The summed E-state index contributed by atoms with van der Waals surface area (Å²) >= 11 is 0. The highest BCUT2D eigenvalue weighted by Gasteiger charge is 2.38. The molecule has 27 nitrogen and oxygen atoms in total. The number of aliphatic hydroxyl groups is 1. The summed E-state index contributed by atoms with van der Waals surface area (Å²) < 4.78 is 0. The normalized spacial score (nSPS) is 22.7. The zero-order valence-corrected chi connectivity index (χ0v) is 50.5. The molecule has 10 atom stereocenters. The number of hydrogen-bond acceptors (Lipinski definition) is 14. The van der Waals surface area contributed by atoms with Crippen molar-refractivity contribution in [2.24, 2.45) is 17.6 Å². The van der Waals surface area contributed by atoms with Crippen molar-refractivity contribution in [3.8, 4) is 0 Å². The Morgan fingerprint density at radius 3 is 1.62 bits per heavy atom. The van der Waals surface area contributed by atoms with Gasteiger partial charge in [-0.3, -0.25) is 62.3 Å². The third kappa shape index (κ3) is 22.3. The Kier molecular flexibility index (Phi) is 27.5. The largest absolute Gasteiger partial charge is 0.394 e. The summed E-state index contributed by atoms with van der Waals surface area (Å²) in [6.07, 6.45) is -1.30. The van der Waals surface area contributed by atoms with E-state index in [2.05, 4.69) is 53.2 Å². The van der Waals surface area contributed by atoms with Gasteiger partial charge in [0.2, 0.25) is 76.8 Å². The molecule has 0 spiro atoms. The predicted molar refractivity (Wildman–Crippen MR) is 317 cm³/mol. The Hall–Kier alpha value is -9.27. The van der Waals surface area contributed by atoms with E-state index in [-0.39, 0.29) is 31.6 Å². The van der Waals surface area contributed by atoms with E-state index in [9.17, 15) is 67.4 Å². The standard InChI is InChI=1S/C60H83N13O14/c1-33(2)25-41-54(81)64-35(5)51(78)71-50(34(3)4)58(85)68-43(27-39-21-15-11-16-22-39)56(83)69-44(60(87)72(8)37(7)52(79)70-45(32-74)53(80)62-30-47(61)75)29-48(76)66-42(26-38-19-13-10-14-20-38)55(82)65-36(6)59(86)73(9)46(28-40-23-17-12-18-24-40)57(84)63-31-49(77)67-41/h10-24,33-37,41-46,50,74H,25-32H2,1-9H3,(H2,61,75)(H,62,80)(H,63,84)(H,64,81)(H,65,82)(H,66,76)(H,67,77)(H,68,85)(H,69,83)(H,70,79)(H,71,78)/t35-,36-,37-,41-,42?,43-,44-,45-,46-,50-/m0/s1. The van der Waals surface area contributed by atoms with E-state index in [4.69, 9.17) is 5.73 Å². The van der Waals surface area contributed by atoms with E-state index < -0.39 is 169 Å². The number of primary amides is 1. The number of aliphatic hydroxyl groups excluding tert-OH is 1. The molecule has 0 bridgehead atoms. The predicted octanol–water partition coefficient (Wildman–Crippen LogP) is -2.88. The van der Waals surface area contributed by atoms with Crippen molar-refractivity contribution in [2.45, 2.75) is 141 Å². The molecule has 1 aliphatic heterocycles. The van der Waals surface area contributed by atoms with Gasteiger partial charge in [0.25, 0.3) is 0 Å². The zero-order chi connectivity index (χ0) is 64.7. The molecule has 13 N–H and O–H groups in total. The first-order valence-electron chi connectivity index (χ1n) is 28.6. The van der Waals surface area contributed by atoms with Crippen LogP contribution in [0, 0.1) is 11.8 Å². The van der Waals surface area contributed by atoms with Crippen LogP contribution in [-0.2, 0) is 81.6 Å². The maximum atomic E-state index is 14.8. The SMILES string of the molecule is CC(C)C[C@@H]1NC(=O)CNC(=O)[C@H](Cc2ccccc2)N(C)C(=O)[C@H](C)NC(=O)C(Cc2ccccc2)NC(=O)C[C@@H](C(=O)N(C)[C@@H](C)C(=O)N[C@@H](CO)C(=O)NCC(N)=O)NC(=O)[C@H](Cc2ccccc2)NC(=O)[C@H](C(C)C)NC(=O)[C@H](C)NC1=O. The number of nitrogens with zero attached hydrogens (tertiary/aromatic N) is 2. The summed E-state index contributed by atoms with van der Waals surface area (Å²) in [5.74, 6) is -12.6. The summed E-state index contributed by atoms with van der Waals surface area (Å²) in [7, 11) is 2.48. The van der Waals surface area contributed by atoms with Crippen LogP contribution in [0.15, 0.2) is 91.0 Å². The van der Waals surface area contributed by atoms with Gasteiger partial charge in [0.1, 0.15) is 60.4 Å². The summed E-state index contributed by atoms with van der Waals surface area (Å²) in [6, 6.07) is 10.8. The third-order valence-electron chi connectivity index (χ3n) is 14.3. The minimum absolute atomic E-state index is 0.0532. The number of nitrogens with one attached hydrogen (secondary N) is 10. The Balaban J connectivity index is 1.85. The van der Waals surface area contributed by atoms with Crippen LogP contribution < -0.4 is 58.9 Å². The van der Waals surface area contributed by atoms with Crippen molar-refractivity contribution in [3.63, 3.8) is 0 Å². The highest BCUT2D eigenvalue weighted by atomic mass is 16.3. The highest BCUT2D eigenvalue weighted by Crippen LogP contribution is 2.15. The Morgan fingerprint density at radius 2 is 1.10 bits per heavy atom. The number of carbonyl (C=O) groups excluding carboxylic acids is 13. The molecule has 87 heavy (non-hydrogen) atoms. The monoisotopic (exact) mass is 1210 g/mol. The van der Waals surface area contributed by atoms with Crippen molar-refractivity contribution in [1.29, 1.82) is 0 Å². The lowest BCUT2D eigenvalue weighted by atomic mass is 10.00. The number of likely N-dealkylation sites (N-methyl/N-ethyl adjacent to an activating group) is 2. The number of nitrogens with two attached hydrogens (primary N) is 1. The maximum Gasteiger partial charge on any atom is 0.246 e. The Labute approximate surface area is 505 Å². The van der Waals surface area contributed by atoms with Crippen molar-refractivity contribution in [2.75, 3.05) is 33.8 Å². The van der Waals surface area contributed by atoms with Crippen molar-refractivity contribution in [1.82, 2.24) is 63.0 Å². The molecule has 3 aromatic rings. The minimum Gasteiger partial charge on any atom is -0.394 e. The second kappa shape index (κ2) is 34.0. The molecule has 472 valence electrons. The van der Waals surface area contributed by atoms with Crippen LogP contribution in [0.2, 0.25) is 0 Å². The molecule has 1 fully saturated rings. The number of carbonyl (C=O) groups is 13. The summed E-state index contributed by atoms with van der Waals surface area (Å²) in [4.78, 5) is 183. The average molecular weight is 1210 g/mol. The van der Waals surface area contributed by atoms with Crippen LogP contribution in [0.3, 0.4) is 0 Å². The van der Waals surface area contributed by atoms with Gasteiger partial charge in [0, 0.05) is 33.4 Å². The van der Waals surface area contributed by atoms with Gasteiger partial charge in [0.05, 0.1) is 26.1 Å². The van der Waals surface area contributed by atoms with E-state index in [1.807, 2.05) is 0 Å². The van der Waals surface area contributed by atoms with Crippen LogP contribution in [0.4, 0.5) is 0 Å². The second-order valence-electron chi connectivity index (χ2n) is 22.2. The fraction of sp³-hybridized carbons (Fsp3) is 0.483. The van der Waals surface area contributed by atoms with Crippen LogP contribution in [0.1, 0.15) is 78.0 Å². The number of rotatable bonds is 17. The zero-order valence-electron chi connectivity index (χ0n) is 50.5. The first-order valence-corrected chi connectivity index (χ1v) is 28.6. The molecule has 3 aromatic carbocycles. The fourth-order valence-corrected chi connectivity index (χ4v) is 9.19. The van der Waals surface area contributed by atoms with E-state index in [0.29, 0.717) is 16.7 Å². The molecule has 0 radical (unpaired) electrons. The molecule has 27 heteroatoms. The molecular weight excluding hydrogens is 1130 g/mol. The van der Waals surface area contributed by atoms with Gasteiger partial charge < -0.3 is 73.8 Å². The van der Waals surface area contributed by atoms with Gasteiger partial charge in [-0.25, -0.2) is 0 Å². The molecule has 1 aliphatic rings. The van der Waals surface area contributed by atoms with Gasteiger partial charge in [0.15, 0.2) is 0 Å². The van der Waals surface area contributed by atoms with E-state index in [1.165, 1.54) is 27.8 Å². The second-order valence-corrected chi connectivity index (χ2v) is 22.2. The highest BCUT2D eigenvalue weighted by molar-refractivity contribution is 6.00. The lowest BCUT2D eigenvalue weighted by Crippen LogP contribution is -2.61. The van der Waals surface area contributed by atoms with Crippen molar-refractivity contribution in [3.05, 3.63) is 108 Å². The lowest BCUT2D eigenvalue weighted by Gasteiger charge is -2.31. The maximum absolute atomic E-state index is 14.8. The molecule has 0 aromatic heterocycles. The average Bonchev–Trinajstić information content (AvgIpc) is 3.66. The van der Waals surface area contributed by atoms with Gasteiger partial charge in [-0.1, -0.05) is 119 Å². The summed E-state index contributed by atoms with van der Waals surface area (Å²) in [5.41, 5.74) is 6.80. The van der Waals surface area contributed by atoms with Crippen LogP contribution in [-0.4, -0.2) is 186 Å². The number of amides is 13. The van der Waals surface area contributed by atoms with Gasteiger partial charge in [-0.15, -0.1) is 0 Å². The Bertz CT molecular complexity index is 2920. The number of hydrogen-bond donors (Lipinski definition) is 12. The van der Waals surface area contributed by atoms with Gasteiger partial charge in [-0.05, 0) is 55.7 Å². The minimum atomic E-state index is -1.90. The van der Waals surface area contributed by atoms with Crippen LogP contribution in [0.25, 0.3) is 0 Å². The fourth-order valence-electron chi connectivity index (χ4n) is 9.19. The van der Waals surface area contributed by atoms with Gasteiger partial charge in [-0.2, -0.15) is 0 Å².